The van der Waals surface area contributed by atoms with Gasteiger partial charge < -0.3 is 0 Å². The topological polar surface area (TPSA) is 0 Å². The SMILES string of the molecule is CC1=C[C]=CC[CH]1. The van der Waals surface area contributed by atoms with Gasteiger partial charge in [0.05, 0.1) is 0 Å². The van der Waals surface area contributed by atoms with Crippen molar-refractivity contribution in [1.29, 1.82) is 0 Å². The number of hydrogen-bond donors (Lipinski definition) is 0. The van der Waals surface area contributed by atoms with Crippen LogP contribution in [0.4, 0.5) is 0 Å². The monoisotopic (exact) mass is 92.1 g/mol. The molecule has 0 unspecified atom stereocenters. The van der Waals surface area contributed by atoms with E-state index in [1.165, 1.54) is 5.57 Å². The smallest absolute Gasteiger partial charge is 0.00991 e. The third-order valence-electron chi connectivity index (χ3n) is 0.987. The fraction of sp³-hybridized carbons (Fsp3) is 0.286. The molecule has 0 atom stereocenters. The maximum Gasteiger partial charge on any atom is -0.00991 e. The highest BCUT2D eigenvalue weighted by Gasteiger charge is 1.89. The predicted octanol–water partition coefficient (Wildman–Crippen LogP) is 1.90. The van der Waals surface area contributed by atoms with Crippen LogP contribution >= 0.6 is 0 Å². The highest BCUT2D eigenvalue weighted by molar-refractivity contribution is 5.20. The fourth-order valence-electron chi connectivity index (χ4n) is 0.562. The molecule has 2 radical (unpaired) electrons. The summed E-state index contributed by atoms with van der Waals surface area (Å²) < 4.78 is 0. The summed E-state index contributed by atoms with van der Waals surface area (Å²) in [5.74, 6) is 0. The first-order chi connectivity index (χ1) is 3.39. The molecule has 0 saturated heterocycles. The molecule has 0 N–H and O–H groups in total. The van der Waals surface area contributed by atoms with E-state index in [1.807, 2.05) is 12.2 Å². The zero-order valence-electron chi connectivity index (χ0n) is 4.44. The molecule has 0 aromatic heterocycles. The van der Waals surface area contributed by atoms with Crippen molar-refractivity contribution in [2.75, 3.05) is 0 Å². The van der Waals surface area contributed by atoms with Gasteiger partial charge in [-0.25, -0.2) is 0 Å². The Balaban J connectivity index is 2.57. The average molecular weight is 92.1 g/mol. The first-order valence-corrected chi connectivity index (χ1v) is 2.47. The Hall–Kier alpha value is -0.520. The molecular weight excluding hydrogens is 84.1 g/mol. The van der Waals surface area contributed by atoms with Crippen LogP contribution < -0.4 is 0 Å². The van der Waals surface area contributed by atoms with Crippen molar-refractivity contribution in [3.05, 3.63) is 30.2 Å². The molecular formula is C7H8. The molecule has 0 spiro atoms. The van der Waals surface area contributed by atoms with Gasteiger partial charge >= 0.3 is 0 Å². The van der Waals surface area contributed by atoms with Crippen molar-refractivity contribution in [2.24, 2.45) is 0 Å². The first-order valence-electron chi connectivity index (χ1n) is 2.47. The molecule has 1 aliphatic carbocycles. The van der Waals surface area contributed by atoms with E-state index in [1.54, 1.807) is 0 Å². The first kappa shape index (κ1) is 4.63. The third-order valence-corrected chi connectivity index (χ3v) is 0.987. The van der Waals surface area contributed by atoms with Crippen LogP contribution in [0.15, 0.2) is 17.7 Å². The van der Waals surface area contributed by atoms with Gasteiger partial charge in [-0.05, 0) is 25.8 Å². The predicted molar refractivity (Wildman–Crippen MR) is 30.5 cm³/mol. The van der Waals surface area contributed by atoms with Crippen LogP contribution in [0.1, 0.15) is 13.3 Å². The summed E-state index contributed by atoms with van der Waals surface area (Å²) in [7, 11) is 0. The van der Waals surface area contributed by atoms with E-state index in [4.69, 9.17) is 0 Å². The second-order valence-electron chi connectivity index (χ2n) is 1.70. The van der Waals surface area contributed by atoms with Gasteiger partial charge in [0.1, 0.15) is 0 Å². The highest BCUT2D eigenvalue weighted by Crippen LogP contribution is 2.06. The van der Waals surface area contributed by atoms with Crippen LogP contribution in [0.25, 0.3) is 0 Å². The fourth-order valence-corrected chi connectivity index (χ4v) is 0.562. The van der Waals surface area contributed by atoms with Crippen LogP contribution in [0.2, 0.25) is 0 Å². The quantitative estimate of drug-likeness (QED) is 0.428. The molecule has 1 rings (SSSR count). The molecule has 7 heavy (non-hydrogen) atoms. The van der Waals surface area contributed by atoms with E-state index in [9.17, 15) is 0 Å². The Morgan fingerprint density at radius 1 is 1.71 bits per heavy atom. The van der Waals surface area contributed by atoms with Gasteiger partial charge in [0.15, 0.2) is 0 Å². The Bertz CT molecular complexity index is 107. The van der Waals surface area contributed by atoms with Crippen molar-refractivity contribution >= 4 is 0 Å². The summed E-state index contributed by atoms with van der Waals surface area (Å²) in [5, 5.41) is 0. The van der Waals surface area contributed by atoms with Crippen LogP contribution in [-0.4, -0.2) is 0 Å². The third kappa shape index (κ3) is 1.19. The Morgan fingerprint density at radius 3 is 2.86 bits per heavy atom. The minimum atomic E-state index is 1.06. The second-order valence-corrected chi connectivity index (χ2v) is 1.70. The molecule has 0 aromatic carbocycles. The van der Waals surface area contributed by atoms with Gasteiger partial charge in [0, 0.05) is 0 Å². The van der Waals surface area contributed by atoms with Crippen LogP contribution in [-0.2, 0) is 0 Å². The van der Waals surface area contributed by atoms with Crippen LogP contribution in [0.5, 0.6) is 0 Å². The molecule has 0 amide bonds. The van der Waals surface area contributed by atoms with Crippen molar-refractivity contribution in [3.63, 3.8) is 0 Å². The Kier molecular flexibility index (Phi) is 1.30. The minimum Gasteiger partial charge on any atom is -0.0761 e. The molecule has 0 heterocycles. The molecule has 1 aliphatic rings. The molecule has 0 aliphatic heterocycles. The average Bonchev–Trinajstić information content (AvgIpc) is 1.69. The molecule has 0 nitrogen and oxygen atoms in total. The lowest BCUT2D eigenvalue weighted by atomic mass is 10.1. The largest absolute Gasteiger partial charge is 0.0761 e. The van der Waals surface area contributed by atoms with Crippen molar-refractivity contribution in [3.8, 4) is 0 Å². The standard InChI is InChI=1S/C7H8/c1-7-5-3-2-4-6-7/h2,5-6H,3H2,1H3. The minimum absolute atomic E-state index is 1.06. The summed E-state index contributed by atoms with van der Waals surface area (Å²) in [6.45, 7) is 2.08. The molecule has 0 fully saturated rings. The molecule has 0 heteroatoms. The number of rotatable bonds is 0. The lowest BCUT2D eigenvalue weighted by Gasteiger charge is -1.97. The van der Waals surface area contributed by atoms with E-state index in [2.05, 4.69) is 19.4 Å². The lowest BCUT2D eigenvalue weighted by Crippen LogP contribution is -1.80. The number of hydrogen-bond acceptors (Lipinski definition) is 0. The van der Waals surface area contributed by atoms with Gasteiger partial charge in [-0.15, -0.1) is 0 Å². The zero-order chi connectivity index (χ0) is 5.11. The summed E-state index contributed by atoms with van der Waals surface area (Å²) in [5.41, 5.74) is 1.32. The van der Waals surface area contributed by atoms with E-state index in [-0.39, 0.29) is 0 Å². The zero-order valence-corrected chi connectivity index (χ0v) is 4.44. The van der Waals surface area contributed by atoms with Gasteiger partial charge in [-0.1, -0.05) is 17.7 Å². The second kappa shape index (κ2) is 1.97. The molecule has 0 aromatic rings. The maximum atomic E-state index is 3.02. The van der Waals surface area contributed by atoms with E-state index >= 15 is 0 Å². The molecule has 0 saturated carbocycles. The van der Waals surface area contributed by atoms with Crippen molar-refractivity contribution < 1.29 is 0 Å². The van der Waals surface area contributed by atoms with E-state index in [0.29, 0.717) is 0 Å². The van der Waals surface area contributed by atoms with Crippen LogP contribution in [0, 0.1) is 12.5 Å². The van der Waals surface area contributed by atoms with Gasteiger partial charge in [0.2, 0.25) is 0 Å². The lowest BCUT2D eigenvalue weighted by molar-refractivity contribution is 1.17. The molecule has 36 valence electrons. The van der Waals surface area contributed by atoms with E-state index in [0.717, 1.165) is 6.42 Å². The summed E-state index contributed by atoms with van der Waals surface area (Å²) in [4.78, 5) is 0. The maximum absolute atomic E-state index is 3.02. The Morgan fingerprint density at radius 2 is 2.57 bits per heavy atom. The van der Waals surface area contributed by atoms with Gasteiger partial charge in [-0.3, -0.25) is 0 Å². The summed E-state index contributed by atoms with van der Waals surface area (Å²) >= 11 is 0. The van der Waals surface area contributed by atoms with Crippen molar-refractivity contribution in [2.45, 2.75) is 13.3 Å². The molecule has 0 bridgehead atoms. The highest BCUT2D eigenvalue weighted by atomic mass is 13.9. The van der Waals surface area contributed by atoms with Crippen molar-refractivity contribution in [1.82, 2.24) is 0 Å². The Labute approximate surface area is 44.5 Å². The van der Waals surface area contributed by atoms with E-state index < -0.39 is 0 Å². The van der Waals surface area contributed by atoms with Crippen LogP contribution in [0.3, 0.4) is 0 Å². The summed E-state index contributed by atoms with van der Waals surface area (Å²) in [6, 6.07) is 0. The normalized spacial score (nSPS) is 19.3. The van der Waals surface area contributed by atoms with Gasteiger partial charge in [0.25, 0.3) is 0 Å². The number of allylic oxidation sites excluding steroid dienone is 4. The van der Waals surface area contributed by atoms with Gasteiger partial charge in [-0.2, -0.15) is 0 Å². The summed E-state index contributed by atoms with van der Waals surface area (Å²) in [6.07, 6.45) is 10.3.